The molecule has 0 aliphatic heterocycles. The molecule has 0 amide bonds. The van der Waals surface area contributed by atoms with E-state index in [-0.39, 0.29) is 0 Å². The predicted molar refractivity (Wildman–Crippen MR) is 71.1 cm³/mol. The zero-order valence-corrected chi connectivity index (χ0v) is 10.9. The third-order valence-corrected chi connectivity index (χ3v) is 4.49. The predicted octanol–water partition coefficient (Wildman–Crippen LogP) is 2.49. The van der Waals surface area contributed by atoms with Crippen molar-refractivity contribution in [3.8, 4) is 0 Å². The summed E-state index contributed by atoms with van der Waals surface area (Å²) in [6, 6.07) is 2.87. The first kappa shape index (κ1) is 12.1. The number of nitrogens with one attached hydrogen (secondary N) is 1. The van der Waals surface area contributed by atoms with Gasteiger partial charge in [-0.15, -0.1) is 11.3 Å². The van der Waals surface area contributed by atoms with Gasteiger partial charge in [0.2, 0.25) is 0 Å². The van der Waals surface area contributed by atoms with E-state index in [4.69, 9.17) is 5.73 Å². The molecule has 2 rings (SSSR count). The molecule has 3 heteroatoms. The first-order chi connectivity index (χ1) is 7.81. The van der Waals surface area contributed by atoms with Crippen molar-refractivity contribution in [1.29, 1.82) is 0 Å². The fourth-order valence-electron chi connectivity index (χ4n) is 2.49. The van der Waals surface area contributed by atoms with Gasteiger partial charge in [-0.05, 0) is 62.1 Å². The summed E-state index contributed by atoms with van der Waals surface area (Å²) in [7, 11) is 0. The van der Waals surface area contributed by atoms with Crippen LogP contribution in [0.4, 0.5) is 0 Å². The van der Waals surface area contributed by atoms with E-state index >= 15 is 0 Å². The molecule has 0 saturated carbocycles. The van der Waals surface area contributed by atoms with E-state index in [1.807, 2.05) is 11.3 Å². The van der Waals surface area contributed by atoms with Crippen LogP contribution in [0.15, 0.2) is 11.4 Å². The highest BCUT2D eigenvalue weighted by Crippen LogP contribution is 2.34. The van der Waals surface area contributed by atoms with Crippen molar-refractivity contribution in [3.63, 3.8) is 0 Å². The van der Waals surface area contributed by atoms with Gasteiger partial charge in [-0.3, -0.25) is 0 Å². The number of fused-ring (bicyclic) bond motifs is 1. The molecule has 0 aromatic carbocycles. The van der Waals surface area contributed by atoms with Crippen molar-refractivity contribution in [2.75, 3.05) is 13.1 Å². The normalized spacial score (nSPS) is 21.8. The Balaban J connectivity index is 1.88. The molecule has 0 radical (unpaired) electrons. The van der Waals surface area contributed by atoms with Gasteiger partial charge in [-0.1, -0.05) is 0 Å². The van der Waals surface area contributed by atoms with Crippen molar-refractivity contribution in [3.05, 3.63) is 21.9 Å². The van der Waals surface area contributed by atoms with E-state index in [1.165, 1.54) is 19.3 Å². The van der Waals surface area contributed by atoms with E-state index < -0.39 is 0 Å². The van der Waals surface area contributed by atoms with Crippen LogP contribution in [0.25, 0.3) is 0 Å². The van der Waals surface area contributed by atoms with Gasteiger partial charge in [0, 0.05) is 17.5 Å². The Bertz CT molecular complexity index is 321. The lowest BCUT2D eigenvalue weighted by Crippen LogP contribution is -2.32. The van der Waals surface area contributed by atoms with Crippen LogP contribution in [0.5, 0.6) is 0 Å². The summed E-state index contributed by atoms with van der Waals surface area (Å²) in [6.45, 7) is 4.12. The lowest BCUT2D eigenvalue weighted by Gasteiger charge is -2.24. The van der Waals surface area contributed by atoms with Crippen molar-refractivity contribution < 1.29 is 0 Å². The number of thiophene rings is 1. The Morgan fingerprint density at radius 2 is 2.50 bits per heavy atom. The summed E-state index contributed by atoms with van der Waals surface area (Å²) in [5.74, 6) is 0.732. The lowest BCUT2D eigenvalue weighted by atomic mass is 9.87. The standard InChI is InChI=1S/C13H22N2S/c1-10(5-7-14)15-9-11-3-2-4-13-12(11)6-8-16-13/h6,8,10-11,15H,2-5,7,9,14H2,1H3. The third kappa shape index (κ3) is 2.84. The minimum Gasteiger partial charge on any atom is -0.330 e. The average Bonchev–Trinajstić information content (AvgIpc) is 2.75. The zero-order chi connectivity index (χ0) is 11.4. The second kappa shape index (κ2) is 5.80. The second-order valence-corrected chi connectivity index (χ2v) is 5.78. The summed E-state index contributed by atoms with van der Waals surface area (Å²) in [5.41, 5.74) is 7.16. The molecule has 0 fully saturated rings. The van der Waals surface area contributed by atoms with E-state index in [0.29, 0.717) is 6.04 Å². The minimum atomic E-state index is 0.550. The molecule has 1 aliphatic rings. The Morgan fingerprint density at radius 3 is 3.31 bits per heavy atom. The molecular weight excluding hydrogens is 216 g/mol. The van der Waals surface area contributed by atoms with Crippen LogP contribution in [0, 0.1) is 0 Å². The van der Waals surface area contributed by atoms with E-state index in [2.05, 4.69) is 23.7 Å². The summed E-state index contributed by atoms with van der Waals surface area (Å²) >= 11 is 1.93. The maximum atomic E-state index is 5.56. The fourth-order valence-corrected chi connectivity index (χ4v) is 3.50. The third-order valence-electron chi connectivity index (χ3n) is 3.49. The fraction of sp³-hybridized carbons (Fsp3) is 0.692. The number of aryl methyl sites for hydroxylation is 1. The van der Waals surface area contributed by atoms with Gasteiger partial charge in [-0.2, -0.15) is 0 Å². The topological polar surface area (TPSA) is 38.0 Å². The molecule has 1 aromatic rings. The number of nitrogens with two attached hydrogens (primary N) is 1. The van der Waals surface area contributed by atoms with Gasteiger partial charge in [0.15, 0.2) is 0 Å². The molecule has 90 valence electrons. The Kier molecular flexibility index (Phi) is 4.38. The smallest absolute Gasteiger partial charge is 0.00805 e. The molecule has 3 N–H and O–H groups in total. The number of rotatable bonds is 5. The van der Waals surface area contributed by atoms with Crippen LogP contribution in [-0.4, -0.2) is 19.1 Å². The quantitative estimate of drug-likeness (QED) is 0.827. The number of hydrogen-bond donors (Lipinski definition) is 2. The van der Waals surface area contributed by atoms with Gasteiger partial charge >= 0.3 is 0 Å². The summed E-state index contributed by atoms with van der Waals surface area (Å²) in [4.78, 5) is 1.62. The molecule has 2 nitrogen and oxygen atoms in total. The Hall–Kier alpha value is -0.380. The van der Waals surface area contributed by atoms with Gasteiger partial charge in [0.05, 0.1) is 0 Å². The van der Waals surface area contributed by atoms with E-state index in [0.717, 1.165) is 25.4 Å². The molecule has 0 saturated heterocycles. The highest BCUT2D eigenvalue weighted by Gasteiger charge is 2.21. The highest BCUT2D eigenvalue weighted by molar-refractivity contribution is 7.10. The largest absolute Gasteiger partial charge is 0.330 e. The lowest BCUT2D eigenvalue weighted by molar-refractivity contribution is 0.455. The van der Waals surface area contributed by atoms with Crippen LogP contribution in [0.1, 0.15) is 42.5 Å². The average molecular weight is 238 g/mol. The van der Waals surface area contributed by atoms with Crippen LogP contribution >= 0.6 is 11.3 Å². The Labute approximate surface area is 102 Å². The molecule has 1 heterocycles. The molecule has 1 aromatic heterocycles. The second-order valence-electron chi connectivity index (χ2n) is 4.77. The molecule has 2 atom stereocenters. The van der Waals surface area contributed by atoms with Gasteiger partial charge in [-0.25, -0.2) is 0 Å². The van der Waals surface area contributed by atoms with Crippen molar-refractivity contribution in [2.45, 2.75) is 44.6 Å². The minimum absolute atomic E-state index is 0.550. The first-order valence-electron chi connectivity index (χ1n) is 6.31. The Morgan fingerprint density at radius 1 is 1.62 bits per heavy atom. The molecule has 0 bridgehead atoms. The van der Waals surface area contributed by atoms with Crippen molar-refractivity contribution in [1.82, 2.24) is 5.32 Å². The van der Waals surface area contributed by atoms with Crippen molar-refractivity contribution in [2.24, 2.45) is 5.73 Å². The maximum Gasteiger partial charge on any atom is 0.00805 e. The first-order valence-corrected chi connectivity index (χ1v) is 7.19. The van der Waals surface area contributed by atoms with Crippen molar-refractivity contribution >= 4 is 11.3 Å². The van der Waals surface area contributed by atoms with Crippen LogP contribution in [-0.2, 0) is 6.42 Å². The van der Waals surface area contributed by atoms with Gasteiger partial charge in [0.1, 0.15) is 0 Å². The SMILES string of the molecule is CC(CCN)NCC1CCCc2sccc21. The molecule has 0 spiro atoms. The number of hydrogen-bond acceptors (Lipinski definition) is 3. The molecule has 2 unspecified atom stereocenters. The van der Waals surface area contributed by atoms with Gasteiger partial charge in [0.25, 0.3) is 0 Å². The monoisotopic (exact) mass is 238 g/mol. The van der Waals surface area contributed by atoms with Crippen LogP contribution in [0.2, 0.25) is 0 Å². The van der Waals surface area contributed by atoms with E-state index in [1.54, 1.807) is 10.4 Å². The molecule has 16 heavy (non-hydrogen) atoms. The highest BCUT2D eigenvalue weighted by atomic mass is 32.1. The summed E-state index contributed by atoms with van der Waals surface area (Å²) in [5, 5.41) is 5.85. The maximum absolute atomic E-state index is 5.56. The van der Waals surface area contributed by atoms with Crippen LogP contribution < -0.4 is 11.1 Å². The van der Waals surface area contributed by atoms with Crippen LogP contribution in [0.3, 0.4) is 0 Å². The summed E-state index contributed by atoms with van der Waals surface area (Å²) in [6.07, 6.45) is 5.06. The zero-order valence-electron chi connectivity index (χ0n) is 10.0. The molecular formula is C13H22N2S. The van der Waals surface area contributed by atoms with Gasteiger partial charge < -0.3 is 11.1 Å². The summed E-state index contributed by atoms with van der Waals surface area (Å²) < 4.78 is 0. The van der Waals surface area contributed by atoms with E-state index in [9.17, 15) is 0 Å². The molecule has 1 aliphatic carbocycles.